The highest BCUT2D eigenvalue weighted by Gasteiger charge is 2.04. The van der Waals surface area contributed by atoms with Crippen molar-refractivity contribution in [2.75, 3.05) is 11.1 Å². The Kier molecular flexibility index (Phi) is 3.85. The Bertz CT molecular complexity index is 556. The van der Waals surface area contributed by atoms with Crippen molar-refractivity contribution in [2.45, 2.75) is 13.5 Å². The Balaban J connectivity index is 2.13. The lowest BCUT2D eigenvalue weighted by atomic mass is 10.2. The summed E-state index contributed by atoms with van der Waals surface area (Å²) in [6, 6.07) is 11.9. The van der Waals surface area contributed by atoms with E-state index in [2.05, 4.69) is 10.1 Å². The summed E-state index contributed by atoms with van der Waals surface area (Å²) in [6.07, 6.45) is 0. The van der Waals surface area contributed by atoms with Gasteiger partial charge < -0.3 is 15.8 Å². The molecule has 5 heteroatoms. The first-order valence-corrected chi connectivity index (χ1v) is 5.72. The van der Waals surface area contributed by atoms with Gasteiger partial charge in [-0.3, -0.25) is 0 Å². The maximum atomic E-state index is 12.0. The van der Waals surface area contributed by atoms with Gasteiger partial charge in [-0.2, -0.15) is 8.78 Å². The molecule has 0 fully saturated rings. The molecule has 0 unspecified atom stereocenters. The summed E-state index contributed by atoms with van der Waals surface area (Å²) in [6.45, 7) is -0.851. The van der Waals surface area contributed by atoms with Crippen LogP contribution < -0.4 is 15.8 Å². The van der Waals surface area contributed by atoms with E-state index in [1.165, 1.54) is 12.1 Å². The second-order valence-electron chi connectivity index (χ2n) is 4.12. The standard InChI is InChI=1S/C14H14F2N2O/c1-9-2-7-12(17)13(8-9)18-10-3-5-11(6-4-10)19-14(15)16/h2-8,14,18H,17H2,1H3. The molecule has 100 valence electrons. The van der Waals surface area contributed by atoms with Crippen molar-refractivity contribution in [3.8, 4) is 5.75 Å². The first kappa shape index (κ1) is 13.1. The molecular weight excluding hydrogens is 250 g/mol. The third-order valence-corrected chi connectivity index (χ3v) is 2.57. The molecule has 0 bridgehead atoms. The molecule has 0 aliphatic carbocycles. The van der Waals surface area contributed by atoms with Crippen LogP contribution in [0.25, 0.3) is 0 Å². The molecule has 0 amide bonds. The lowest BCUT2D eigenvalue weighted by molar-refractivity contribution is -0.0498. The molecule has 0 heterocycles. The highest BCUT2D eigenvalue weighted by Crippen LogP contribution is 2.25. The third kappa shape index (κ3) is 3.58. The van der Waals surface area contributed by atoms with Gasteiger partial charge in [0.05, 0.1) is 11.4 Å². The van der Waals surface area contributed by atoms with E-state index in [0.717, 1.165) is 16.9 Å². The van der Waals surface area contributed by atoms with Gasteiger partial charge in [-0.15, -0.1) is 0 Å². The molecule has 0 saturated heterocycles. The molecule has 0 radical (unpaired) electrons. The Hall–Kier alpha value is -2.30. The molecule has 19 heavy (non-hydrogen) atoms. The van der Waals surface area contributed by atoms with Crippen molar-refractivity contribution in [1.82, 2.24) is 0 Å². The number of halogens is 2. The van der Waals surface area contributed by atoms with Crippen LogP contribution in [0.3, 0.4) is 0 Å². The summed E-state index contributed by atoms with van der Waals surface area (Å²) in [7, 11) is 0. The van der Waals surface area contributed by atoms with Crippen molar-refractivity contribution in [1.29, 1.82) is 0 Å². The van der Waals surface area contributed by atoms with Gasteiger partial charge >= 0.3 is 6.61 Å². The van der Waals surface area contributed by atoms with Crippen molar-refractivity contribution in [2.24, 2.45) is 0 Å². The van der Waals surface area contributed by atoms with Crippen LogP contribution in [-0.4, -0.2) is 6.61 Å². The molecule has 0 saturated carbocycles. The van der Waals surface area contributed by atoms with Gasteiger partial charge in [0.2, 0.25) is 0 Å². The number of alkyl halides is 2. The highest BCUT2D eigenvalue weighted by molar-refractivity contribution is 5.73. The van der Waals surface area contributed by atoms with Gasteiger partial charge in [0, 0.05) is 5.69 Å². The van der Waals surface area contributed by atoms with Gasteiger partial charge in [-0.1, -0.05) is 6.07 Å². The van der Waals surface area contributed by atoms with Crippen LogP contribution in [0.2, 0.25) is 0 Å². The van der Waals surface area contributed by atoms with E-state index in [4.69, 9.17) is 5.73 Å². The number of aryl methyl sites for hydroxylation is 1. The summed E-state index contributed by atoms with van der Waals surface area (Å²) < 4.78 is 28.3. The summed E-state index contributed by atoms with van der Waals surface area (Å²) in [5, 5.41) is 3.13. The van der Waals surface area contributed by atoms with Crippen LogP contribution in [0.4, 0.5) is 25.8 Å². The fourth-order valence-electron chi connectivity index (χ4n) is 1.65. The average Bonchev–Trinajstić information content (AvgIpc) is 2.35. The molecule has 0 spiro atoms. The molecule has 0 aliphatic heterocycles. The normalized spacial score (nSPS) is 10.5. The Morgan fingerprint density at radius 1 is 1.11 bits per heavy atom. The lowest BCUT2D eigenvalue weighted by Gasteiger charge is -2.11. The minimum atomic E-state index is -2.81. The van der Waals surface area contributed by atoms with E-state index in [1.807, 2.05) is 25.1 Å². The van der Waals surface area contributed by atoms with E-state index in [0.29, 0.717) is 5.69 Å². The van der Waals surface area contributed by atoms with E-state index in [9.17, 15) is 8.78 Å². The number of nitrogen functional groups attached to an aromatic ring is 1. The maximum absolute atomic E-state index is 12.0. The first-order chi connectivity index (χ1) is 9.04. The van der Waals surface area contributed by atoms with Gasteiger partial charge in [-0.05, 0) is 48.9 Å². The van der Waals surface area contributed by atoms with E-state index >= 15 is 0 Å². The first-order valence-electron chi connectivity index (χ1n) is 5.72. The summed E-state index contributed by atoms with van der Waals surface area (Å²) >= 11 is 0. The fourth-order valence-corrected chi connectivity index (χ4v) is 1.65. The Labute approximate surface area is 110 Å². The van der Waals surface area contributed by atoms with Crippen molar-refractivity contribution < 1.29 is 13.5 Å². The molecule has 2 aromatic rings. The largest absolute Gasteiger partial charge is 0.435 e. The Morgan fingerprint density at radius 3 is 2.42 bits per heavy atom. The van der Waals surface area contributed by atoms with E-state index in [-0.39, 0.29) is 5.75 Å². The lowest BCUT2D eigenvalue weighted by Crippen LogP contribution is -2.02. The number of hydrogen-bond acceptors (Lipinski definition) is 3. The zero-order valence-electron chi connectivity index (χ0n) is 10.4. The van der Waals surface area contributed by atoms with Crippen LogP contribution in [-0.2, 0) is 0 Å². The summed E-state index contributed by atoms with van der Waals surface area (Å²) in [5.41, 5.74) is 9.08. The molecule has 2 rings (SSSR count). The van der Waals surface area contributed by atoms with Crippen molar-refractivity contribution >= 4 is 17.1 Å². The zero-order valence-corrected chi connectivity index (χ0v) is 10.4. The monoisotopic (exact) mass is 264 g/mol. The van der Waals surface area contributed by atoms with E-state index < -0.39 is 6.61 Å². The average molecular weight is 264 g/mol. The molecular formula is C14H14F2N2O. The number of nitrogens with two attached hydrogens (primary N) is 1. The number of benzene rings is 2. The van der Waals surface area contributed by atoms with Crippen LogP contribution in [0.15, 0.2) is 42.5 Å². The number of hydrogen-bond donors (Lipinski definition) is 2. The highest BCUT2D eigenvalue weighted by atomic mass is 19.3. The molecule has 2 aromatic carbocycles. The minimum absolute atomic E-state index is 0.123. The molecule has 0 aromatic heterocycles. The minimum Gasteiger partial charge on any atom is -0.435 e. The van der Waals surface area contributed by atoms with Crippen LogP contribution in [0.5, 0.6) is 5.75 Å². The van der Waals surface area contributed by atoms with Gasteiger partial charge in [0.1, 0.15) is 5.75 Å². The van der Waals surface area contributed by atoms with Gasteiger partial charge in [0.15, 0.2) is 0 Å². The third-order valence-electron chi connectivity index (χ3n) is 2.57. The van der Waals surface area contributed by atoms with Crippen molar-refractivity contribution in [3.63, 3.8) is 0 Å². The molecule has 3 N–H and O–H groups in total. The number of rotatable bonds is 4. The quantitative estimate of drug-likeness (QED) is 0.823. The Morgan fingerprint density at radius 2 is 1.79 bits per heavy atom. The van der Waals surface area contributed by atoms with Crippen LogP contribution >= 0.6 is 0 Å². The van der Waals surface area contributed by atoms with Gasteiger partial charge in [-0.25, -0.2) is 0 Å². The van der Waals surface area contributed by atoms with Crippen LogP contribution in [0.1, 0.15) is 5.56 Å². The maximum Gasteiger partial charge on any atom is 0.387 e. The predicted octanol–water partition coefficient (Wildman–Crippen LogP) is 3.92. The number of nitrogens with one attached hydrogen (secondary N) is 1. The molecule has 0 aliphatic rings. The second kappa shape index (κ2) is 5.56. The van der Waals surface area contributed by atoms with Crippen LogP contribution in [0, 0.1) is 6.92 Å². The fraction of sp³-hybridized carbons (Fsp3) is 0.143. The second-order valence-corrected chi connectivity index (χ2v) is 4.12. The SMILES string of the molecule is Cc1ccc(N)c(Nc2ccc(OC(F)F)cc2)c1. The smallest absolute Gasteiger partial charge is 0.387 e. The van der Waals surface area contributed by atoms with Gasteiger partial charge in [0.25, 0.3) is 0 Å². The van der Waals surface area contributed by atoms with E-state index in [1.54, 1.807) is 12.1 Å². The zero-order chi connectivity index (χ0) is 13.8. The molecule has 3 nitrogen and oxygen atoms in total. The topological polar surface area (TPSA) is 47.3 Å². The summed E-state index contributed by atoms with van der Waals surface area (Å²) in [5.74, 6) is 0.123. The number of anilines is 3. The predicted molar refractivity (Wildman–Crippen MR) is 71.9 cm³/mol. The van der Waals surface area contributed by atoms with Crippen molar-refractivity contribution in [3.05, 3.63) is 48.0 Å². The number of ether oxygens (including phenoxy) is 1. The summed E-state index contributed by atoms with van der Waals surface area (Å²) in [4.78, 5) is 0. The molecule has 0 atom stereocenters.